The van der Waals surface area contributed by atoms with Gasteiger partial charge in [0.25, 0.3) is 5.24 Å². The minimum atomic E-state index is -0.478. The van der Waals surface area contributed by atoms with Gasteiger partial charge in [-0.25, -0.2) is 4.98 Å². The number of pyridine rings is 2. The number of hydrogen-bond donors (Lipinski definition) is 0. The molecule has 0 fully saturated rings. The number of para-hydroxylation sites is 1. The van der Waals surface area contributed by atoms with Crippen LogP contribution in [0.25, 0.3) is 22.2 Å². The van der Waals surface area contributed by atoms with E-state index in [2.05, 4.69) is 9.97 Å². The van der Waals surface area contributed by atoms with E-state index in [1.165, 1.54) is 0 Å². The van der Waals surface area contributed by atoms with Gasteiger partial charge in [-0.15, -0.1) is 12.4 Å². The first-order valence-electron chi connectivity index (χ1n) is 5.76. The molecule has 0 saturated carbocycles. The lowest BCUT2D eigenvalue weighted by atomic mass is 10.1. The molecule has 0 aliphatic carbocycles. The lowest BCUT2D eigenvalue weighted by Gasteiger charge is -2.06. The van der Waals surface area contributed by atoms with Crippen LogP contribution in [0.1, 0.15) is 10.4 Å². The van der Waals surface area contributed by atoms with Gasteiger partial charge >= 0.3 is 0 Å². The maximum atomic E-state index is 11.6. The third-order valence-electron chi connectivity index (χ3n) is 2.90. The van der Waals surface area contributed by atoms with Crippen molar-refractivity contribution < 1.29 is 4.79 Å². The number of nitrogens with zero attached hydrogens (tertiary/aromatic N) is 2. The molecule has 3 rings (SSSR count). The number of hydrogen-bond acceptors (Lipinski definition) is 3. The first-order chi connectivity index (χ1) is 9.25. The van der Waals surface area contributed by atoms with Crippen LogP contribution in [0.5, 0.6) is 0 Å². The van der Waals surface area contributed by atoms with E-state index in [1.807, 2.05) is 36.4 Å². The molecule has 0 radical (unpaired) electrons. The van der Waals surface area contributed by atoms with Crippen LogP contribution in [0.15, 0.2) is 54.9 Å². The fraction of sp³-hybridized carbons (Fsp3) is 0. The van der Waals surface area contributed by atoms with E-state index in [9.17, 15) is 4.79 Å². The molecule has 2 aromatic heterocycles. The van der Waals surface area contributed by atoms with Crippen LogP contribution in [-0.2, 0) is 0 Å². The predicted octanol–water partition coefficient (Wildman–Crippen LogP) is 4.10. The van der Waals surface area contributed by atoms with Crippen molar-refractivity contribution in [3.8, 4) is 11.3 Å². The van der Waals surface area contributed by atoms with Crippen LogP contribution in [-0.4, -0.2) is 15.2 Å². The first kappa shape index (κ1) is 14.4. The van der Waals surface area contributed by atoms with Gasteiger partial charge in [0, 0.05) is 28.9 Å². The number of carbonyl (C=O) groups excluding carboxylic acids is 1. The summed E-state index contributed by atoms with van der Waals surface area (Å²) in [5, 5.41) is 0.286. The standard InChI is InChI=1S/C15H9ClN2O.ClH/c16-15(19)12-9-14(10-5-7-17-8-6-10)18-13-4-2-1-3-11(12)13;/h1-9H;1H. The second-order valence-corrected chi connectivity index (χ2v) is 4.43. The minimum absolute atomic E-state index is 0. The Hall–Kier alpha value is -1.97. The summed E-state index contributed by atoms with van der Waals surface area (Å²) in [7, 11) is 0. The Morgan fingerprint density at radius 2 is 1.75 bits per heavy atom. The zero-order valence-electron chi connectivity index (χ0n) is 10.3. The molecule has 0 amide bonds. The first-order valence-corrected chi connectivity index (χ1v) is 6.13. The molecule has 3 aromatic rings. The van der Waals surface area contributed by atoms with Gasteiger partial charge in [0.2, 0.25) is 0 Å². The zero-order valence-corrected chi connectivity index (χ0v) is 11.9. The molecule has 0 spiro atoms. The van der Waals surface area contributed by atoms with E-state index in [4.69, 9.17) is 11.6 Å². The summed E-state index contributed by atoms with van der Waals surface area (Å²) >= 11 is 5.66. The molecular weight excluding hydrogens is 295 g/mol. The second-order valence-electron chi connectivity index (χ2n) is 4.08. The Labute approximate surface area is 127 Å². The summed E-state index contributed by atoms with van der Waals surface area (Å²) in [6.07, 6.45) is 3.38. The highest BCUT2D eigenvalue weighted by Gasteiger charge is 2.11. The van der Waals surface area contributed by atoms with E-state index >= 15 is 0 Å². The molecule has 0 unspecified atom stereocenters. The van der Waals surface area contributed by atoms with Crippen LogP contribution in [0.4, 0.5) is 0 Å². The van der Waals surface area contributed by atoms with Crippen molar-refractivity contribution >= 4 is 40.2 Å². The molecule has 1 aromatic carbocycles. The lowest BCUT2D eigenvalue weighted by molar-refractivity contribution is 0.108. The maximum absolute atomic E-state index is 11.6. The number of benzene rings is 1. The van der Waals surface area contributed by atoms with Gasteiger partial charge < -0.3 is 0 Å². The van der Waals surface area contributed by atoms with Gasteiger partial charge in [-0.2, -0.15) is 0 Å². The molecule has 3 nitrogen and oxygen atoms in total. The minimum Gasteiger partial charge on any atom is -0.276 e. The molecule has 100 valence electrons. The van der Waals surface area contributed by atoms with Gasteiger partial charge in [0.15, 0.2) is 0 Å². The number of aromatic nitrogens is 2. The SMILES string of the molecule is Cl.O=C(Cl)c1cc(-c2ccncc2)nc2ccccc12. The van der Waals surface area contributed by atoms with E-state index in [0.717, 1.165) is 16.5 Å². The number of carbonyl (C=O) groups is 1. The normalized spacial score (nSPS) is 10.1. The lowest BCUT2D eigenvalue weighted by Crippen LogP contribution is -1.95. The van der Waals surface area contributed by atoms with Gasteiger partial charge in [-0.3, -0.25) is 9.78 Å². The molecule has 0 saturated heterocycles. The highest BCUT2D eigenvalue weighted by molar-refractivity contribution is 6.68. The van der Waals surface area contributed by atoms with E-state index in [1.54, 1.807) is 18.5 Å². The highest BCUT2D eigenvalue weighted by atomic mass is 35.5. The molecule has 0 bridgehead atoms. The zero-order chi connectivity index (χ0) is 13.2. The van der Waals surface area contributed by atoms with Crippen LogP contribution in [0.3, 0.4) is 0 Å². The fourth-order valence-electron chi connectivity index (χ4n) is 2.01. The summed E-state index contributed by atoms with van der Waals surface area (Å²) in [6.45, 7) is 0. The molecule has 20 heavy (non-hydrogen) atoms. The topological polar surface area (TPSA) is 42.9 Å². The third-order valence-corrected chi connectivity index (χ3v) is 3.11. The molecular formula is C15H10Cl2N2O. The highest BCUT2D eigenvalue weighted by Crippen LogP contribution is 2.25. The number of halogens is 2. The molecule has 2 heterocycles. The monoisotopic (exact) mass is 304 g/mol. The predicted molar refractivity (Wildman–Crippen MR) is 82.4 cm³/mol. The summed E-state index contributed by atoms with van der Waals surface area (Å²) in [6, 6.07) is 12.9. The van der Waals surface area contributed by atoms with Crippen molar-refractivity contribution in [3.63, 3.8) is 0 Å². The van der Waals surface area contributed by atoms with Crippen LogP contribution in [0.2, 0.25) is 0 Å². The quantitative estimate of drug-likeness (QED) is 0.669. The van der Waals surface area contributed by atoms with Crippen molar-refractivity contribution in [3.05, 3.63) is 60.4 Å². The van der Waals surface area contributed by atoms with Crippen molar-refractivity contribution in [2.24, 2.45) is 0 Å². The molecule has 0 N–H and O–H groups in total. The van der Waals surface area contributed by atoms with Crippen LogP contribution < -0.4 is 0 Å². The Kier molecular flexibility index (Phi) is 4.32. The van der Waals surface area contributed by atoms with Crippen LogP contribution in [0, 0.1) is 0 Å². The molecule has 0 atom stereocenters. The Morgan fingerprint density at radius 1 is 1.05 bits per heavy atom. The fourth-order valence-corrected chi connectivity index (χ4v) is 2.16. The van der Waals surface area contributed by atoms with E-state index in [0.29, 0.717) is 11.3 Å². The van der Waals surface area contributed by atoms with Gasteiger partial charge in [-0.05, 0) is 35.9 Å². The Balaban J connectivity index is 0.00000147. The molecule has 0 aliphatic rings. The van der Waals surface area contributed by atoms with Crippen molar-refractivity contribution in [2.75, 3.05) is 0 Å². The number of rotatable bonds is 2. The summed E-state index contributed by atoms with van der Waals surface area (Å²) in [4.78, 5) is 20.1. The van der Waals surface area contributed by atoms with Crippen molar-refractivity contribution in [2.45, 2.75) is 0 Å². The molecule has 5 heteroatoms. The van der Waals surface area contributed by atoms with Gasteiger partial charge in [0.1, 0.15) is 0 Å². The maximum Gasteiger partial charge on any atom is 0.253 e. The largest absolute Gasteiger partial charge is 0.276 e. The third kappa shape index (κ3) is 2.64. The molecule has 0 aliphatic heterocycles. The average Bonchev–Trinajstić information content (AvgIpc) is 2.47. The van der Waals surface area contributed by atoms with Gasteiger partial charge in [0.05, 0.1) is 11.2 Å². The van der Waals surface area contributed by atoms with Crippen molar-refractivity contribution in [1.29, 1.82) is 0 Å². The summed E-state index contributed by atoms with van der Waals surface area (Å²) in [5.41, 5.74) is 2.84. The summed E-state index contributed by atoms with van der Waals surface area (Å²) < 4.78 is 0. The Morgan fingerprint density at radius 3 is 2.45 bits per heavy atom. The second kappa shape index (κ2) is 5.99. The van der Waals surface area contributed by atoms with Crippen LogP contribution >= 0.6 is 24.0 Å². The smallest absolute Gasteiger partial charge is 0.253 e. The van der Waals surface area contributed by atoms with Gasteiger partial charge in [-0.1, -0.05) is 18.2 Å². The Bertz CT molecular complexity index is 760. The van der Waals surface area contributed by atoms with Crippen molar-refractivity contribution in [1.82, 2.24) is 9.97 Å². The number of fused-ring (bicyclic) bond motifs is 1. The summed E-state index contributed by atoms with van der Waals surface area (Å²) in [5.74, 6) is 0. The van der Waals surface area contributed by atoms with E-state index < -0.39 is 5.24 Å². The van der Waals surface area contributed by atoms with E-state index in [-0.39, 0.29) is 12.4 Å². The average molecular weight is 305 g/mol.